The number of ether oxygens (including phenoxy) is 6. The van der Waals surface area contributed by atoms with Gasteiger partial charge in [0.2, 0.25) is 5.82 Å². The fraction of sp³-hybridized carbons (Fsp3) is 0.408. The van der Waals surface area contributed by atoms with Crippen LogP contribution in [0.4, 0.5) is 4.39 Å². The number of nitrogens with zero attached hydrogens (tertiary/aromatic N) is 4. The summed E-state index contributed by atoms with van der Waals surface area (Å²) < 4.78 is 70.0. The normalized spacial score (nSPS) is 18.1. The Kier molecular flexibility index (Phi) is 16.3. The van der Waals surface area contributed by atoms with Gasteiger partial charge in [0, 0.05) is 19.2 Å². The molecule has 5 aromatic rings. The average Bonchev–Trinajstić information content (AvgIpc) is 3.62. The molecule has 0 N–H and O–H groups in total. The first kappa shape index (κ1) is 48.2. The second-order valence-electron chi connectivity index (χ2n) is 16.1. The maximum Gasteiger partial charge on any atom is 0.353 e. The highest BCUT2D eigenvalue weighted by Gasteiger charge is 2.51. The van der Waals surface area contributed by atoms with E-state index in [0.717, 1.165) is 44.1 Å². The lowest BCUT2D eigenvalue weighted by atomic mass is 9.80. The maximum absolute atomic E-state index is 16.2. The van der Waals surface area contributed by atoms with Crippen LogP contribution in [-0.2, 0) is 28.9 Å². The van der Waals surface area contributed by atoms with Gasteiger partial charge >= 0.3 is 5.69 Å². The smallest absolute Gasteiger partial charge is 0.353 e. The SMILES string of the molecule is COc1ccc(C(OC[C@H]2O[C@@H](n3cc(F)c(Oc4c(C)cc(C)cc4C)nc3=O)[C@H](OC)[C@@H]2OP(OCCC#N)N(C(C)C)C(C)C)(c2ccccc2)c2ccc(OC)cc2)cc1. The number of aromatic nitrogens is 2. The number of hydrogen-bond acceptors (Lipinski definition) is 12. The highest BCUT2D eigenvalue weighted by Crippen LogP contribution is 2.51. The predicted molar refractivity (Wildman–Crippen MR) is 242 cm³/mol. The Balaban J connectivity index is 1.47. The third kappa shape index (κ3) is 10.5. The zero-order chi connectivity index (χ0) is 46.1. The molecule has 0 radical (unpaired) electrons. The van der Waals surface area contributed by atoms with Crippen LogP contribution in [0.3, 0.4) is 0 Å². The molecule has 1 unspecified atom stereocenters. The van der Waals surface area contributed by atoms with E-state index < -0.39 is 56.1 Å². The highest BCUT2D eigenvalue weighted by atomic mass is 31.2. The molecule has 64 heavy (non-hydrogen) atoms. The van der Waals surface area contributed by atoms with Crippen molar-refractivity contribution < 1.29 is 41.9 Å². The van der Waals surface area contributed by atoms with Crippen molar-refractivity contribution in [3.8, 4) is 29.2 Å². The summed E-state index contributed by atoms with van der Waals surface area (Å²) in [5.41, 5.74) is 2.85. The molecule has 0 spiro atoms. The lowest BCUT2D eigenvalue weighted by molar-refractivity contribution is -0.0959. The van der Waals surface area contributed by atoms with Crippen LogP contribution in [0.25, 0.3) is 0 Å². The molecule has 6 rings (SSSR count). The molecule has 15 heteroatoms. The van der Waals surface area contributed by atoms with Gasteiger partial charge < -0.3 is 37.5 Å². The van der Waals surface area contributed by atoms with Gasteiger partial charge in [-0.25, -0.2) is 9.46 Å². The lowest BCUT2D eigenvalue weighted by Crippen LogP contribution is -2.43. The van der Waals surface area contributed by atoms with Gasteiger partial charge in [-0.15, -0.1) is 0 Å². The summed E-state index contributed by atoms with van der Waals surface area (Å²) in [5, 5.41) is 9.45. The quantitative estimate of drug-likeness (QED) is 0.0418. The first-order valence-corrected chi connectivity index (χ1v) is 22.3. The van der Waals surface area contributed by atoms with Crippen LogP contribution < -0.4 is 19.9 Å². The van der Waals surface area contributed by atoms with Gasteiger partial charge in [0.25, 0.3) is 14.4 Å². The molecular weight excluding hydrogens is 839 g/mol. The molecule has 340 valence electrons. The van der Waals surface area contributed by atoms with Crippen LogP contribution in [0.1, 0.15) is 73.7 Å². The molecule has 0 saturated carbocycles. The van der Waals surface area contributed by atoms with Crippen LogP contribution in [0, 0.1) is 37.9 Å². The van der Waals surface area contributed by atoms with E-state index in [9.17, 15) is 10.1 Å². The van der Waals surface area contributed by atoms with E-state index in [1.165, 1.54) is 7.11 Å². The van der Waals surface area contributed by atoms with E-state index in [1.54, 1.807) is 14.2 Å². The van der Waals surface area contributed by atoms with Gasteiger partial charge in [-0.1, -0.05) is 72.3 Å². The Hall–Kier alpha value is -5.23. The summed E-state index contributed by atoms with van der Waals surface area (Å²) in [6.45, 7) is 13.8. The van der Waals surface area contributed by atoms with Crippen molar-refractivity contribution in [3.05, 3.63) is 147 Å². The second kappa shape index (κ2) is 21.6. The van der Waals surface area contributed by atoms with Gasteiger partial charge in [0.15, 0.2) is 6.23 Å². The fourth-order valence-electron chi connectivity index (χ4n) is 8.23. The monoisotopic (exact) mass is 896 g/mol. The van der Waals surface area contributed by atoms with E-state index in [1.807, 2.05) is 139 Å². The first-order valence-electron chi connectivity index (χ1n) is 21.2. The Morgan fingerprint density at radius 1 is 0.859 bits per heavy atom. The van der Waals surface area contributed by atoms with E-state index in [-0.39, 0.29) is 31.7 Å². The van der Waals surface area contributed by atoms with E-state index in [0.29, 0.717) is 17.2 Å². The number of methoxy groups -OCH3 is 3. The minimum absolute atomic E-state index is 0.0350. The van der Waals surface area contributed by atoms with Crippen molar-refractivity contribution >= 4 is 8.53 Å². The predicted octanol–water partition coefficient (Wildman–Crippen LogP) is 9.70. The Morgan fingerprint density at radius 3 is 1.94 bits per heavy atom. The fourth-order valence-corrected chi connectivity index (χ4v) is 10.0. The molecule has 0 aliphatic carbocycles. The lowest BCUT2D eigenvalue weighted by Gasteiger charge is -2.39. The zero-order valence-corrected chi connectivity index (χ0v) is 39.0. The van der Waals surface area contributed by atoms with Crippen LogP contribution in [0.5, 0.6) is 23.1 Å². The second-order valence-corrected chi connectivity index (χ2v) is 17.5. The molecule has 1 fully saturated rings. The van der Waals surface area contributed by atoms with Crippen molar-refractivity contribution in [1.29, 1.82) is 5.26 Å². The molecule has 13 nitrogen and oxygen atoms in total. The molecule has 2 heterocycles. The molecular formula is C49H58FN4O9P. The highest BCUT2D eigenvalue weighted by molar-refractivity contribution is 7.44. The van der Waals surface area contributed by atoms with Crippen LogP contribution >= 0.6 is 8.53 Å². The number of halogens is 1. The summed E-state index contributed by atoms with van der Waals surface area (Å²) in [5.74, 6) is 0.378. The number of hydrogen-bond donors (Lipinski definition) is 0. The Labute approximate surface area is 376 Å². The van der Waals surface area contributed by atoms with Gasteiger partial charge in [0.05, 0.1) is 46.1 Å². The minimum atomic E-state index is -1.87. The number of benzene rings is 4. The van der Waals surface area contributed by atoms with Crippen LogP contribution in [0.15, 0.2) is 102 Å². The Morgan fingerprint density at radius 2 is 1.42 bits per heavy atom. The summed E-state index contributed by atoms with van der Waals surface area (Å²) >= 11 is 0. The number of nitriles is 1. The third-order valence-electron chi connectivity index (χ3n) is 11.0. The topological polar surface area (TPSA) is 136 Å². The Bertz CT molecular complexity index is 2330. The minimum Gasteiger partial charge on any atom is -0.497 e. The van der Waals surface area contributed by atoms with Crippen molar-refractivity contribution in [2.75, 3.05) is 34.5 Å². The van der Waals surface area contributed by atoms with Gasteiger partial charge in [-0.2, -0.15) is 14.6 Å². The maximum atomic E-state index is 16.2. The van der Waals surface area contributed by atoms with Crippen molar-refractivity contribution in [1.82, 2.24) is 14.2 Å². The summed E-state index contributed by atoms with van der Waals surface area (Å²) in [7, 11) is 2.82. The standard InChI is InChI=1S/C49H58FN4O9P/c1-31(2)54(32(3)4)64(60-26-14-25-51)63-44-42(61-47(45(44)58-10)53-29-41(50)46(52-48(53)55)62-43-34(6)27-33(5)28-35(43)7)30-59-49(36-15-12-11-13-16-36,37-17-21-39(56-8)22-18-37)38-19-23-40(57-9)24-20-38/h11-13,15-24,27-29,31-32,42,44-45,47H,14,26,30H2,1-10H3/t42-,44-,45-,47-,64?/m1/s1. The average molecular weight is 897 g/mol. The summed E-state index contributed by atoms with van der Waals surface area (Å²) in [4.78, 5) is 18.1. The van der Waals surface area contributed by atoms with Crippen molar-refractivity contribution in [3.63, 3.8) is 0 Å². The van der Waals surface area contributed by atoms with Crippen LogP contribution in [-0.4, -0.2) is 79.2 Å². The summed E-state index contributed by atoms with van der Waals surface area (Å²) in [6.07, 6.45) is -3.03. The molecule has 1 saturated heterocycles. The number of aryl methyl sites for hydroxylation is 3. The first-order chi connectivity index (χ1) is 30.8. The molecule has 4 aromatic carbocycles. The van der Waals surface area contributed by atoms with Gasteiger partial charge in [-0.3, -0.25) is 4.57 Å². The van der Waals surface area contributed by atoms with Crippen molar-refractivity contribution in [2.24, 2.45) is 0 Å². The largest absolute Gasteiger partial charge is 0.497 e. The third-order valence-corrected chi connectivity index (χ3v) is 13.1. The van der Waals surface area contributed by atoms with Crippen molar-refractivity contribution in [2.45, 2.75) is 97.1 Å². The molecule has 1 aliphatic rings. The molecule has 0 amide bonds. The summed E-state index contributed by atoms with van der Waals surface area (Å²) in [6, 6.07) is 31.0. The molecule has 1 aromatic heterocycles. The van der Waals surface area contributed by atoms with Gasteiger partial charge in [-0.05, 0) is 101 Å². The van der Waals surface area contributed by atoms with Crippen LogP contribution in [0.2, 0.25) is 0 Å². The van der Waals surface area contributed by atoms with E-state index >= 15 is 4.39 Å². The number of rotatable bonds is 20. The van der Waals surface area contributed by atoms with Gasteiger partial charge in [0.1, 0.15) is 41.2 Å². The molecule has 5 atom stereocenters. The zero-order valence-electron chi connectivity index (χ0n) is 38.1. The van der Waals surface area contributed by atoms with E-state index in [4.69, 9.17) is 37.5 Å². The van der Waals surface area contributed by atoms with E-state index in [2.05, 4.69) is 15.7 Å². The molecule has 0 bridgehead atoms. The molecule has 1 aliphatic heterocycles.